The van der Waals surface area contributed by atoms with Crippen molar-refractivity contribution in [2.24, 2.45) is 40.7 Å². The molecular formula is C38H46N2O9. The van der Waals surface area contributed by atoms with Crippen molar-refractivity contribution < 1.29 is 44.0 Å². The second kappa shape index (κ2) is 13.1. The maximum Gasteiger partial charge on any atom is 0.331 e. The van der Waals surface area contributed by atoms with Gasteiger partial charge in [-0.25, -0.2) is 4.79 Å². The summed E-state index contributed by atoms with van der Waals surface area (Å²) >= 11 is 0. The highest BCUT2D eigenvalue weighted by Crippen LogP contribution is 2.61. The van der Waals surface area contributed by atoms with Crippen LogP contribution in [0.15, 0.2) is 77.9 Å². The molecular weight excluding hydrogens is 628 g/mol. The summed E-state index contributed by atoms with van der Waals surface area (Å²) in [6.45, 7) is 8.11. The molecule has 1 aromatic rings. The number of ketones is 1. The molecule has 2 aliphatic heterocycles. The first-order chi connectivity index (χ1) is 23.3. The maximum absolute atomic E-state index is 14.3. The molecule has 6 N–H and O–H groups in total. The summed E-state index contributed by atoms with van der Waals surface area (Å²) in [5.74, 6) is -5.73. The standard InChI is InChI=1S/C38H46N2O9/c1-19-10-8-14-24-31(43)21(3)20(2)29-25(18-22-12-6-5-7-13-22)40-36(47)38(24,29)49-27(42)17-16-23-28(26(41)15-9-11-19)33(48-4)30-32(44)34(45)37(23,30)35(39)46/h5-8,12-14,16-17,19-20,24-25,29-34,43-45H,3,9-11,15,18H2,1-2,4H3,(H2,39,46)(H,40,47)/b14-8+,17-16-/t19-,20+,24?,25-,29?,30+,31+,32+,33+,34+,37?,38+/m0/s1. The lowest BCUT2D eigenvalue weighted by Gasteiger charge is -2.53. The zero-order chi connectivity index (χ0) is 35.4. The lowest BCUT2D eigenvalue weighted by atomic mass is 9.54. The van der Waals surface area contributed by atoms with Gasteiger partial charge in [0.2, 0.25) is 11.5 Å². The lowest BCUT2D eigenvalue weighted by molar-refractivity contribution is -0.213. The fourth-order valence-electron chi connectivity index (χ4n) is 9.40. The van der Waals surface area contributed by atoms with E-state index in [1.807, 2.05) is 50.3 Å². The molecule has 0 bridgehead atoms. The first kappa shape index (κ1) is 34.9. The largest absolute Gasteiger partial charge is 0.445 e. The molecule has 3 fully saturated rings. The lowest BCUT2D eigenvalue weighted by Crippen LogP contribution is -2.70. The number of aliphatic hydroxyl groups is 3. The summed E-state index contributed by atoms with van der Waals surface area (Å²) in [4.78, 5) is 55.2. The molecule has 6 rings (SSSR count). The van der Waals surface area contributed by atoms with Crippen molar-refractivity contribution in [2.75, 3.05) is 7.11 Å². The third-order valence-electron chi connectivity index (χ3n) is 11.9. The van der Waals surface area contributed by atoms with Crippen molar-refractivity contribution in [1.29, 1.82) is 0 Å². The van der Waals surface area contributed by atoms with Crippen LogP contribution in [0.1, 0.15) is 45.1 Å². The number of allylic oxidation sites excluding steroid dienone is 2. The van der Waals surface area contributed by atoms with Crippen molar-refractivity contribution in [2.45, 2.75) is 82.0 Å². The summed E-state index contributed by atoms with van der Waals surface area (Å²) in [7, 11) is 1.34. The molecule has 12 atom stereocenters. The minimum Gasteiger partial charge on any atom is -0.445 e. The zero-order valence-electron chi connectivity index (χ0n) is 28.1. The average Bonchev–Trinajstić information content (AvgIpc) is 3.50. The van der Waals surface area contributed by atoms with Crippen LogP contribution in [0.25, 0.3) is 0 Å². The van der Waals surface area contributed by atoms with Crippen molar-refractivity contribution in [3.8, 4) is 0 Å². The Morgan fingerprint density at radius 3 is 2.49 bits per heavy atom. The van der Waals surface area contributed by atoms with Gasteiger partial charge in [0.25, 0.3) is 5.91 Å². The van der Waals surface area contributed by atoms with Crippen LogP contribution in [0.4, 0.5) is 0 Å². The first-order valence-corrected chi connectivity index (χ1v) is 17.1. The van der Waals surface area contributed by atoms with E-state index in [1.165, 1.54) is 13.2 Å². The van der Waals surface area contributed by atoms with E-state index in [1.54, 1.807) is 6.08 Å². The molecule has 3 aliphatic carbocycles. The monoisotopic (exact) mass is 674 g/mol. The van der Waals surface area contributed by atoms with Crippen LogP contribution < -0.4 is 11.1 Å². The number of carbonyl (C=O) groups excluding carboxylic acids is 4. The van der Waals surface area contributed by atoms with E-state index in [-0.39, 0.29) is 29.3 Å². The van der Waals surface area contributed by atoms with Crippen molar-refractivity contribution >= 4 is 23.6 Å². The number of amides is 2. The molecule has 1 aromatic carbocycles. The van der Waals surface area contributed by atoms with Gasteiger partial charge in [0, 0.05) is 43.1 Å². The normalized spacial score (nSPS) is 42.2. The van der Waals surface area contributed by atoms with Gasteiger partial charge in [-0.1, -0.05) is 69.0 Å². The fourth-order valence-corrected chi connectivity index (χ4v) is 9.40. The maximum atomic E-state index is 14.3. The Morgan fingerprint density at radius 2 is 1.82 bits per heavy atom. The number of methoxy groups -OCH3 is 1. The Kier molecular flexibility index (Phi) is 9.34. The Morgan fingerprint density at radius 1 is 1.10 bits per heavy atom. The minimum absolute atomic E-state index is 0.00880. The number of nitrogens with one attached hydrogen (secondary N) is 1. The molecule has 11 nitrogen and oxygen atoms in total. The number of aliphatic hydroxyl groups excluding tert-OH is 3. The minimum atomic E-state index is -1.88. The average molecular weight is 675 g/mol. The molecule has 3 unspecified atom stereocenters. The van der Waals surface area contributed by atoms with Gasteiger partial charge in [0.1, 0.15) is 5.41 Å². The molecule has 2 heterocycles. The van der Waals surface area contributed by atoms with Gasteiger partial charge < -0.3 is 35.8 Å². The van der Waals surface area contributed by atoms with E-state index in [0.29, 0.717) is 31.3 Å². The summed E-state index contributed by atoms with van der Waals surface area (Å²) in [6.07, 6.45) is 2.89. The van der Waals surface area contributed by atoms with Gasteiger partial charge >= 0.3 is 5.97 Å². The predicted molar refractivity (Wildman–Crippen MR) is 178 cm³/mol. The molecule has 49 heavy (non-hydrogen) atoms. The Labute approximate surface area is 285 Å². The van der Waals surface area contributed by atoms with E-state index in [2.05, 4.69) is 11.9 Å². The van der Waals surface area contributed by atoms with E-state index in [0.717, 1.165) is 11.6 Å². The summed E-state index contributed by atoms with van der Waals surface area (Å²) in [5.41, 5.74) is 3.75. The van der Waals surface area contributed by atoms with E-state index in [4.69, 9.17) is 15.2 Å². The molecule has 2 saturated carbocycles. The van der Waals surface area contributed by atoms with Gasteiger partial charge in [-0.3, -0.25) is 14.4 Å². The number of rotatable bonds is 4. The van der Waals surface area contributed by atoms with Crippen LogP contribution in [0.5, 0.6) is 0 Å². The van der Waals surface area contributed by atoms with E-state index >= 15 is 0 Å². The van der Waals surface area contributed by atoms with Crippen LogP contribution >= 0.6 is 0 Å². The number of hydrogen-bond donors (Lipinski definition) is 5. The summed E-state index contributed by atoms with van der Waals surface area (Å²) < 4.78 is 11.9. The number of esters is 1. The number of ether oxygens (including phenoxy) is 2. The van der Waals surface area contributed by atoms with Gasteiger partial charge in [0.05, 0.1) is 30.3 Å². The van der Waals surface area contributed by atoms with Gasteiger partial charge in [-0.15, -0.1) is 0 Å². The molecule has 0 aromatic heterocycles. The van der Waals surface area contributed by atoms with Crippen LogP contribution in [0.2, 0.25) is 0 Å². The molecule has 11 heteroatoms. The van der Waals surface area contributed by atoms with Crippen molar-refractivity contribution in [3.05, 3.63) is 83.5 Å². The van der Waals surface area contributed by atoms with Gasteiger partial charge in [-0.05, 0) is 54.2 Å². The van der Waals surface area contributed by atoms with Crippen LogP contribution in [-0.2, 0) is 35.1 Å². The highest BCUT2D eigenvalue weighted by Gasteiger charge is 2.74. The smallest absolute Gasteiger partial charge is 0.331 e. The third-order valence-corrected chi connectivity index (χ3v) is 11.9. The van der Waals surface area contributed by atoms with Gasteiger partial charge in [0.15, 0.2) is 5.78 Å². The molecule has 2 amide bonds. The second-order valence-electron chi connectivity index (χ2n) is 14.4. The number of hydrogen-bond acceptors (Lipinski definition) is 9. The Hall–Kier alpha value is -3.90. The van der Waals surface area contributed by atoms with Gasteiger partial charge in [-0.2, -0.15) is 0 Å². The predicted octanol–water partition coefficient (Wildman–Crippen LogP) is 1.85. The highest BCUT2D eigenvalue weighted by atomic mass is 16.6. The van der Waals surface area contributed by atoms with Crippen LogP contribution in [0.3, 0.4) is 0 Å². The first-order valence-electron chi connectivity index (χ1n) is 17.1. The summed E-state index contributed by atoms with van der Waals surface area (Å²) in [6, 6.07) is 9.17. The number of benzene rings is 1. The van der Waals surface area contributed by atoms with Crippen molar-refractivity contribution in [1.82, 2.24) is 5.32 Å². The topological polar surface area (TPSA) is 185 Å². The van der Waals surface area contributed by atoms with E-state index < -0.39 is 82.9 Å². The van der Waals surface area contributed by atoms with Crippen molar-refractivity contribution in [3.63, 3.8) is 0 Å². The molecule has 262 valence electrons. The van der Waals surface area contributed by atoms with Crippen LogP contribution in [0, 0.1) is 35.0 Å². The Balaban J connectivity index is 1.48. The highest BCUT2D eigenvalue weighted by molar-refractivity contribution is 6.03. The number of carbonyl (C=O) groups is 4. The van der Waals surface area contributed by atoms with E-state index in [9.17, 15) is 34.5 Å². The summed E-state index contributed by atoms with van der Waals surface area (Å²) in [5, 5.41) is 36.5. The molecule has 0 radical (unpaired) electrons. The zero-order valence-corrected chi connectivity index (χ0v) is 28.1. The second-order valence-corrected chi connectivity index (χ2v) is 14.4. The number of primary amides is 1. The Bertz CT molecular complexity index is 1630. The fraction of sp³-hybridized carbons (Fsp3) is 0.526. The number of fused-ring (bicyclic) bond motifs is 2. The third kappa shape index (κ3) is 5.24. The number of Topliss-reactive ketones (excluding diaryl/α,β-unsaturated/α-hetero) is 1. The molecule has 1 spiro atoms. The number of nitrogens with two attached hydrogens (primary N) is 1. The molecule has 1 saturated heterocycles. The molecule has 5 aliphatic rings. The SMILES string of the molecule is C=C1[C@@H](C)C2[C@H](Cc3ccccc3)NC(=O)[C@]23OC(=O)/C=C\C2=C(C(=O)CCC[C@@H](C)C/C=C/C3[C@@H]1O)[C@@H](OC)[C@H]1[C@@H](O)[C@@H](O)C21C(N)=O. The quantitative estimate of drug-likeness (QED) is 0.235. The van der Waals surface area contributed by atoms with Crippen LogP contribution in [-0.4, -0.2) is 82.1 Å².